The Hall–Kier alpha value is -7.17. The number of furan rings is 1. The number of hydrogen-bond donors (Lipinski definition) is 0. The predicted octanol–water partition coefficient (Wildman–Crippen LogP) is 12.3. The van der Waals surface area contributed by atoms with E-state index >= 15 is 0 Å². The first-order valence-corrected chi connectivity index (χ1v) is 18.3. The van der Waals surface area contributed by atoms with E-state index in [1.807, 2.05) is 30.3 Å². The number of nitrogens with zero attached hydrogens (tertiary/aromatic N) is 3. The fourth-order valence-corrected chi connectivity index (χ4v) is 8.72. The SMILES string of the molecule is c1ccc(-c2nc(-c3cccc4c(-c5cccc6oc7ccccc7c56)cccc34)nc(C3(c4ccccc4)c4ccccc4-c4ccccc43)n2)cc1. The van der Waals surface area contributed by atoms with Crippen molar-refractivity contribution in [3.05, 3.63) is 211 Å². The lowest BCUT2D eigenvalue weighted by Crippen LogP contribution is -2.31. The summed E-state index contributed by atoms with van der Waals surface area (Å²) >= 11 is 0. The highest BCUT2D eigenvalue weighted by atomic mass is 16.3. The van der Waals surface area contributed by atoms with Crippen LogP contribution in [0, 0.1) is 0 Å². The van der Waals surface area contributed by atoms with Crippen LogP contribution in [-0.4, -0.2) is 15.0 Å². The minimum absolute atomic E-state index is 0.630. The molecule has 0 radical (unpaired) electrons. The van der Waals surface area contributed by atoms with Crippen LogP contribution in [0.1, 0.15) is 22.5 Å². The summed E-state index contributed by atoms with van der Waals surface area (Å²) < 4.78 is 6.31. The molecule has 0 bridgehead atoms. The van der Waals surface area contributed by atoms with Gasteiger partial charge >= 0.3 is 0 Å². The van der Waals surface area contributed by atoms with Crippen LogP contribution in [0.15, 0.2) is 192 Å². The van der Waals surface area contributed by atoms with Crippen molar-refractivity contribution in [2.75, 3.05) is 0 Å². The summed E-state index contributed by atoms with van der Waals surface area (Å²) in [6, 6.07) is 65.9. The Balaban J connectivity index is 1.21. The number of hydrogen-bond acceptors (Lipinski definition) is 4. The zero-order valence-corrected chi connectivity index (χ0v) is 29.1. The van der Waals surface area contributed by atoms with Crippen molar-refractivity contribution in [2.24, 2.45) is 0 Å². The Morgan fingerprint density at radius 3 is 1.63 bits per heavy atom. The zero-order chi connectivity index (χ0) is 35.6. The molecule has 252 valence electrons. The van der Waals surface area contributed by atoms with Crippen molar-refractivity contribution in [1.29, 1.82) is 0 Å². The Morgan fingerprint density at radius 2 is 0.870 bits per heavy atom. The van der Waals surface area contributed by atoms with Gasteiger partial charge in [-0.2, -0.15) is 0 Å². The molecule has 8 aromatic carbocycles. The second kappa shape index (κ2) is 11.9. The summed E-state index contributed by atoms with van der Waals surface area (Å²) in [6.07, 6.45) is 0. The Bertz CT molecular complexity index is 3010. The molecule has 2 aromatic heterocycles. The van der Waals surface area contributed by atoms with E-state index in [0.717, 1.165) is 71.7 Å². The fraction of sp³-hybridized carbons (Fsp3) is 0.0200. The number of fused-ring (bicyclic) bond motifs is 7. The summed E-state index contributed by atoms with van der Waals surface area (Å²) in [5.74, 6) is 1.96. The lowest BCUT2D eigenvalue weighted by atomic mass is 9.71. The largest absolute Gasteiger partial charge is 0.456 e. The Kier molecular flexibility index (Phi) is 6.73. The first-order valence-electron chi connectivity index (χ1n) is 18.3. The molecular formula is C50H31N3O. The number of rotatable bonds is 5. The smallest absolute Gasteiger partial charge is 0.164 e. The highest BCUT2D eigenvalue weighted by molar-refractivity contribution is 6.16. The molecule has 0 saturated heterocycles. The van der Waals surface area contributed by atoms with E-state index in [4.69, 9.17) is 19.4 Å². The van der Waals surface area contributed by atoms with E-state index in [-0.39, 0.29) is 0 Å². The lowest BCUT2D eigenvalue weighted by molar-refractivity contribution is 0.669. The average molecular weight is 690 g/mol. The van der Waals surface area contributed by atoms with Crippen LogP contribution in [0.4, 0.5) is 0 Å². The minimum Gasteiger partial charge on any atom is -0.456 e. The van der Waals surface area contributed by atoms with Crippen LogP contribution in [0.2, 0.25) is 0 Å². The Labute approximate surface area is 312 Å². The van der Waals surface area contributed by atoms with E-state index < -0.39 is 5.41 Å². The lowest BCUT2D eigenvalue weighted by Gasteiger charge is -2.32. The molecule has 0 fully saturated rings. The summed E-state index contributed by atoms with van der Waals surface area (Å²) in [5.41, 5.74) is 10.9. The van der Waals surface area contributed by atoms with E-state index in [1.54, 1.807) is 0 Å². The third kappa shape index (κ3) is 4.40. The van der Waals surface area contributed by atoms with E-state index in [9.17, 15) is 0 Å². The minimum atomic E-state index is -0.774. The van der Waals surface area contributed by atoms with Crippen molar-refractivity contribution < 1.29 is 4.42 Å². The molecule has 0 amide bonds. The maximum atomic E-state index is 6.31. The van der Waals surface area contributed by atoms with Crippen LogP contribution < -0.4 is 0 Å². The first-order chi connectivity index (χ1) is 26.8. The summed E-state index contributed by atoms with van der Waals surface area (Å²) in [7, 11) is 0. The molecule has 0 atom stereocenters. The maximum absolute atomic E-state index is 6.31. The Morgan fingerprint density at radius 1 is 0.352 bits per heavy atom. The molecule has 4 nitrogen and oxygen atoms in total. The van der Waals surface area contributed by atoms with Crippen LogP contribution in [0.5, 0.6) is 0 Å². The van der Waals surface area contributed by atoms with Gasteiger partial charge in [0.05, 0.1) is 0 Å². The van der Waals surface area contributed by atoms with Gasteiger partial charge in [-0.3, -0.25) is 0 Å². The molecule has 2 heterocycles. The standard InChI is InChI=1S/C50H31N3O/c1-3-16-32(17-4-1)47-51-48(53-49(52-47)50(33-18-5-2-6-19-33)42-28-10-7-20-37(42)38-21-8-11-29-43(38)50)40-27-14-23-34-35(24-13-25-36(34)40)39-26-15-31-45-46(39)41-22-9-12-30-44(41)54-45/h1-31H. The van der Waals surface area contributed by atoms with Crippen LogP contribution in [-0.2, 0) is 5.41 Å². The normalized spacial score (nSPS) is 13.0. The van der Waals surface area contributed by atoms with Crippen LogP contribution in [0.25, 0.3) is 77.7 Å². The van der Waals surface area contributed by atoms with Gasteiger partial charge < -0.3 is 4.42 Å². The van der Waals surface area contributed by atoms with Crippen molar-refractivity contribution in [2.45, 2.75) is 5.41 Å². The quantitative estimate of drug-likeness (QED) is 0.180. The van der Waals surface area contributed by atoms with Gasteiger partial charge in [-0.25, -0.2) is 15.0 Å². The summed E-state index contributed by atoms with van der Waals surface area (Å²) in [4.78, 5) is 16.3. The predicted molar refractivity (Wildman–Crippen MR) is 218 cm³/mol. The molecule has 0 aliphatic heterocycles. The first kappa shape index (κ1) is 30.5. The monoisotopic (exact) mass is 689 g/mol. The molecular weight excluding hydrogens is 659 g/mol. The molecule has 1 aliphatic carbocycles. The molecule has 11 rings (SSSR count). The van der Waals surface area contributed by atoms with Gasteiger partial charge in [0.25, 0.3) is 0 Å². The van der Waals surface area contributed by atoms with Gasteiger partial charge in [-0.1, -0.05) is 176 Å². The maximum Gasteiger partial charge on any atom is 0.164 e. The summed E-state index contributed by atoms with van der Waals surface area (Å²) in [5, 5.41) is 4.40. The zero-order valence-electron chi connectivity index (χ0n) is 29.1. The van der Waals surface area contributed by atoms with Gasteiger partial charge in [-0.15, -0.1) is 0 Å². The molecule has 0 spiro atoms. The van der Waals surface area contributed by atoms with E-state index in [1.165, 1.54) is 11.1 Å². The van der Waals surface area contributed by atoms with E-state index in [0.29, 0.717) is 17.5 Å². The number of benzene rings is 8. The van der Waals surface area contributed by atoms with Crippen LogP contribution in [0.3, 0.4) is 0 Å². The van der Waals surface area contributed by atoms with Gasteiger partial charge in [0.2, 0.25) is 0 Å². The van der Waals surface area contributed by atoms with Gasteiger partial charge in [-0.05, 0) is 61.8 Å². The molecule has 0 unspecified atom stereocenters. The second-order valence-electron chi connectivity index (χ2n) is 13.9. The molecule has 1 aliphatic rings. The van der Waals surface area contributed by atoms with Gasteiger partial charge in [0.15, 0.2) is 17.5 Å². The van der Waals surface area contributed by atoms with Crippen LogP contribution >= 0.6 is 0 Å². The van der Waals surface area contributed by atoms with Crippen molar-refractivity contribution in [3.63, 3.8) is 0 Å². The van der Waals surface area contributed by atoms with Crippen molar-refractivity contribution in [1.82, 2.24) is 15.0 Å². The highest BCUT2D eigenvalue weighted by Crippen LogP contribution is 2.55. The average Bonchev–Trinajstić information content (AvgIpc) is 3.78. The molecule has 0 N–H and O–H groups in total. The molecule has 0 saturated carbocycles. The third-order valence-corrected chi connectivity index (χ3v) is 11.0. The van der Waals surface area contributed by atoms with E-state index in [2.05, 4.69) is 158 Å². The molecule has 54 heavy (non-hydrogen) atoms. The fourth-order valence-electron chi connectivity index (χ4n) is 8.72. The van der Waals surface area contributed by atoms with Crippen molar-refractivity contribution in [3.8, 4) is 45.0 Å². The van der Waals surface area contributed by atoms with Gasteiger partial charge in [0.1, 0.15) is 16.6 Å². The third-order valence-electron chi connectivity index (χ3n) is 11.0. The van der Waals surface area contributed by atoms with Gasteiger partial charge in [0, 0.05) is 21.9 Å². The summed E-state index contributed by atoms with van der Waals surface area (Å²) in [6.45, 7) is 0. The molecule has 4 heteroatoms. The second-order valence-corrected chi connectivity index (χ2v) is 13.9. The number of para-hydroxylation sites is 1. The topological polar surface area (TPSA) is 51.8 Å². The highest BCUT2D eigenvalue weighted by Gasteiger charge is 2.48. The number of aromatic nitrogens is 3. The molecule has 10 aromatic rings. The van der Waals surface area contributed by atoms with Crippen molar-refractivity contribution >= 4 is 32.7 Å².